The number of piperidine rings is 1. The highest BCUT2D eigenvalue weighted by atomic mass is 32.1. The molecule has 3 nitrogen and oxygen atoms in total. The summed E-state index contributed by atoms with van der Waals surface area (Å²) < 4.78 is 0. The molecular weight excluding hydrogens is 244 g/mol. The van der Waals surface area contributed by atoms with Gasteiger partial charge in [0.1, 0.15) is 0 Å². The number of rotatable bonds is 3. The zero-order chi connectivity index (χ0) is 13.1. The minimum Gasteiger partial charge on any atom is -0.348 e. The molecule has 0 aromatic carbocycles. The topological polar surface area (TPSA) is 41.1 Å². The minimum absolute atomic E-state index is 0.00115. The van der Waals surface area contributed by atoms with Crippen molar-refractivity contribution in [3.05, 3.63) is 21.4 Å². The molecule has 1 saturated heterocycles. The number of hydrogen-bond donors (Lipinski definition) is 2. The van der Waals surface area contributed by atoms with Crippen LogP contribution in [0.4, 0.5) is 0 Å². The molecule has 2 heterocycles. The molecule has 2 N–H and O–H groups in total. The molecule has 2 unspecified atom stereocenters. The maximum Gasteiger partial charge on any atom is 0.237 e. The quantitative estimate of drug-likeness (QED) is 0.883. The van der Waals surface area contributed by atoms with Gasteiger partial charge in [0.2, 0.25) is 5.91 Å². The highest BCUT2D eigenvalue weighted by molar-refractivity contribution is 7.12. The van der Waals surface area contributed by atoms with Gasteiger partial charge >= 0.3 is 0 Å². The summed E-state index contributed by atoms with van der Waals surface area (Å²) >= 11 is 1.79. The monoisotopic (exact) mass is 266 g/mol. The fraction of sp³-hybridized carbons (Fsp3) is 0.643. The van der Waals surface area contributed by atoms with E-state index >= 15 is 0 Å². The molecule has 2 atom stereocenters. The molecule has 1 aromatic rings. The molecule has 0 saturated carbocycles. The molecule has 1 aliphatic heterocycles. The Balaban J connectivity index is 1.96. The summed E-state index contributed by atoms with van der Waals surface area (Å²) in [4.78, 5) is 14.7. The van der Waals surface area contributed by atoms with Crippen LogP contribution in [-0.4, -0.2) is 18.5 Å². The lowest BCUT2D eigenvalue weighted by atomic mass is 10.0. The summed E-state index contributed by atoms with van der Waals surface area (Å²) in [6.45, 7) is 7.26. The van der Waals surface area contributed by atoms with E-state index < -0.39 is 0 Å². The van der Waals surface area contributed by atoms with Gasteiger partial charge in [-0.15, -0.1) is 11.3 Å². The van der Waals surface area contributed by atoms with Gasteiger partial charge in [-0.2, -0.15) is 0 Å². The van der Waals surface area contributed by atoms with Crippen molar-refractivity contribution >= 4 is 17.2 Å². The lowest BCUT2D eigenvalue weighted by Crippen LogP contribution is -2.47. The van der Waals surface area contributed by atoms with Gasteiger partial charge in [0.25, 0.3) is 0 Å². The van der Waals surface area contributed by atoms with Crippen molar-refractivity contribution in [3.63, 3.8) is 0 Å². The number of carbonyl (C=O) groups is 1. The van der Waals surface area contributed by atoms with Crippen LogP contribution in [-0.2, 0) is 4.79 Å². The first-order chi connectivity index (χ1) is 8.58. The van der Waals surface area contributed by atoms with Gasteiger partial charge in [-0.1, -0.05) is 6.42 Å². The van der Waals surface area contributed by atoms with Crippen molar-refractivity contribution in [1.82, 2.24) is 10.6 Å². The van der Waals surface area contributed by atoms with Crippen LogP contribution < -0.4 is 10.6 Å². The standard InChI is InChI=1S/C14H22N2OS/c1-9-8-12(11(3)18-9)10(2)16-14(17)13-6-4-5-7-15-13/h8,10,13,15H,4-7H2,1-3H3,(H,16,17). The van der Waals surface area contributed by atoms with Crippen LogP contribution >= 0.6 is 11.3 Å². The van der Waals surface area contributed by atoms with Crippen LogP contribution in [0.15, 0.2) is 6.07 Å². The normalized spacial score (nSPS) is 21.6. The number of amides is 1. The average Bonchev–Trinajstić information content (AvgIpc) is 2.69. The molecule has 0 spiro atoms. The Morgan fingerprint density at radius 1 is 1.50 bits per heavy atom. The fourth-order valence-electron chi connectivity index (χ4n) is 2.55. The maximum absolute atomic E-state index is 12.1. The largest absolute Gasteiger partial charge is 0.348 e. The zero-order valence-corrected chi connectivity index (χ0v) is 12.2. The van der Waals surface area contributed by atoms with Crippen molar-refractivity contribution in [2.75, 3.05) is 6.54 Å². The van der Waals surface area contributed by atoms with Crippen molar-refractivity contribution in [2.24, 2.45) is 0 Å². The van der Waals surface area contributed by atoms with E-state index in [2.05, 4.69) is 37.5 Å². The molecule has 1 aromatic heterocycles. The number of aryl methyl sites for hydroxylation is 2. The van der Waals surface area contributed by atoms with E-state index in [1.165, 1.54) is 21.7 Å². The Hall–Kier alpha value is -0.870. The lowest BCUT2D eigenvalue weighted by molar-refractivity contribution is -0.124. The van der Waals surface area contributed by atoms with E-state index in [0.717, 1.165) is 19.4 Å². The van der Waals surface area contributed by atoms with Gasteiger partial charge < -0.3 is 10.6 Å². The first-order valence-electron chi connectivity index (χ1n) is 6.68. The Kier molecular flexibility index (Phi) is 4.40. The zero-order valence-electron chi connectivity index (χ0n) is 11.4. The second-order valence-electron chi connectivity index (χ2n) is 5.10. The van der Waals surface area contributed by atoms with Crippen LogP contribution in [0.5, 0.6) is 0 Å². The molecule has 4 heteroatoms. The molecule has 0 radical (unpaired) electrons. The average molecular weight is 266 g/mol. The highest BCUT2D eigenvalue weighted by Gasteiger charge is 2.22. The van der Waals surface area contributed by atoms with Gasteiger partial charge in [-0.05, 0) is 51.8 Å². The first kappa shape index (κ1) is 13.6. The van der Waals surface area contributed by atoms with Crippen LogP contribution in [0, 0.1) is 13.8 Å². The fourth-order valence-corrected chi connectivity index (χ4v) is 3.57. The second-order valence-corrected chi connectivity index (χ2v) is 6.56. The van der Waals surface area contributed by atoms with Gasteiger partial charge in [0.05, 0.1) is 12.1 Å². The van der Waals surface area contributed by atoms with Gasteiger partial charge in [0, 0.05) is 9.75 Å². The minimum atomic E-state index is 0.00115. The van der Waals surface area contributed by atoms with Crippen molar-refractivity contribution < 1.29 is 4.79 Å². The van der Waals surface area contributed by atoms with Crippen molar-refractivity contribution in [2.45, 2.75) is 52.1 Å². The summed E-state index contributed by atoms with van der Waals surface area (Å²) in [5, 5.41) is 6.41. The van der Waals surface area contributed by atoms with Gasteiger partial charge in [-0.25, -0.2) is 0 Å². The van der Waals surface area contributed by atoms with Crippen LogP contribution in [0.3, 0.4) is 0 Å². The van der Waals surface area contributed by atoms with E-state index in [4.69, 9.17) is 0 Å². The SMILES string of the molecule is Cc1cc(C(C)NC(=O)C2CCCCN2)c(C)s1. The van der Waals surface area contributed by atoms with Crippen LogP contribution in [0.2, 0.25) is 0 Å². The number of nitrogens with one attached hydrogen (secondary N) is 2. The van der Waals surface area contributed by atoms with Gasteiger partial charge in [-0.3, -0.25) is 4.79 Å². The summed E-state index contributed by atoms with van der Waals surface area (Å²) in [5.41, 5.74) is 1.25. The van der Waals surface area contributed by atoms with E-state index in [0.29, 0.717) is 0 Å². The highest BCUT2D eigenvalue weighted by Crippen LogP contribution is 2.26. The lowest BCUT2D eigenvalue weighted by Gasteiger charge is -2.24. The molecular formula is C14H22N2OS. The van der Waals surface area contributed by atoms with Crippen LogP contribution in [0.1, 0.15) is 47.5 Å². The summed E-state index contributed by atoms with van der Waals surface area (Å²) in [6.07, 6.45) is 3.29. The Morgan fingerprint density at radius 3 is 2.83 bits per heavy atom. The van der Waals surface area contributed by atoms with Gasteiger partial charge in [0.15, 0.2) is 0 Å². The van der Waals surface area contributed by atoms with Crippen LogP contribution in [0.25, 0.3) is 0 Å². The molecule has 0 bridgehead atoms. The second kappa shape index (κ2) is 5.85. The van der Waals surface area contributed by atoms with E-state index in [1.54, 1.807) is 11.3 Å². The molecule has 1 amide bonds. The molecule has 1 fully saturated rings. The first-order valence-corrected chi connectivity index (χ1v) is 7.50. The molecule has 2 rings (SSSR count). The number of carbonyl (C=O) groups excluding carboxylic acids is 1. The summed E-state index contributed by atoms with van der Waals surface area (Å²) in [5.74, 6) is 0.144. The van der Waals surface area contributed by atoms with E-state index in [1.807, 2.05) is 0 Å². The van der Waals surface area contributed by atoms with Crippen molar-refractivity contribution in [3.8, 4) is 0 Å². The molecule has 0 aliphatic carbocycles. The third kappa shape index (κ3) is 3.12. The smallest absolute Gasteiger partial charge is 0.237 e. The number of thiophene rings is 1. The molecule has 100 valence electrons. The van der Waals surface area contributed by atoms with Crippen molar-refractivity contribution in [1.29, 1.82) is 0 Å². The van der Waals surface area contributed by atoms with E-state index in [-0.39, 0.29) is 18.0 Å². The predicted octanol–water partition coefficient (Wildman–Crippen LogP) is 2.68. The maximum atomic E-state index is 12.1. The molecule has 18 heavy (non-hydrogen) atoms. The Bertz CT molecular complexity index is 421. The Labute approximate surface area is 113 Å². The Morgan fingerprint density at radius 2 is 2.28 bits per heavy atom. The predicted molar refractivity (Wildman–Crippen MR) is 76.0 cm³/mol. The molecule has 1 aliphatic rings. The number of hydrogen-bond acceptors (Lipinski definition) is 3. The third-order valence-electron chi connectivity index (χ3n) is 3.53. The summed E-state index contributed by atoms with van der Waals surface area (Å²) in [6, 6.07) is 2.28. The summed E-state index contributed by atoms with van der Waals surface area (Å²) in [7, 11) is 0. The third-order valence-corrected chi connectivity index (χ3v) is 4.51. The van der Waals surface area contributed by atoms with E-state index in [9.17, 15) is 4.79 Å².